The van der Waals surface area contributed by atoms with Gasteiger partial charge < -0.3 is 10.4 Å². The Labute approximate surface area is 90.6 Å². The lowest BCUT2D eigenvalue weighted by atomic mass is 9.98. The van der Waals surface area contributed by atoms with Gasteiger partial charge in [0.1, 0.15) is 6.04 Å². The van der Waals surface area contributed by atoms with E-state index in [1.165, 1.54) is 0 Å². The minimum atomic E-state index is -5.83. The van der Waals surface area contributed by atoms with Gasteiger partial charge in [-0.2, -0.15) is 26.3 Å². The van der Waals surface area contributed by atoms with Crippen molar-refractivity contribution in [1.29, 1.82) is 0 Å². The molecule has 0 saturated carbocycles. The van der Waals surface area contributed by atoms with Crippen LogP contribution < -0.4 is 5.32 Å². The van der Waals surface area contributed by atoms with Gasteiger partial charge in [-0.3, -0.25) is 4.79 Å². The monoisotopic (exact) mass is 267 g/mol. The summed E-state index contributed by atoms with van der Waals surface area (Å²) in [5, 5.41) is 9.42. The first-order chi connectivity index (χ1) is 7.37. The molecule has 0 aromatic rings. The second-order valence-corrected chi connectivity index (χ2v) is 3.08. The smallest absolute Gasteiger partial charge is 0.403 e. The molecule has 0 saturated heterocycles. The SMILES string of the molecule is CC(=O)NC(C(=O)O)C(C(F)(F)F)C(F)(F)F. The van der Waals surface area contributed by atoms with E-state index in [0.29, 0.717) is 6.92 Å². The molecule has 0 aliphatic heterocycles. The van der Waals surface area contributed by atoms with Gasteiger partial charge in [0, 0.05) is 6.92 Å². The number of aliphatic carboxylic acids is 1. The molecule has 0 bridgehead atoms. The molecule has 0 aromatic heterocycles. The van der Waals surface area contributed by atoms with Gasteiger partial charge in [-0.1, -0.05) is 0 Å². The van der Waals surface area contributed by atoms with Crippen molar-refractivity contribution in [3.8, 4) is 0 Å². The summed E-state index contributed by atoms with van der Waals surface area (Å²) in [5.74, 6) is -7.88. The van der Waals surface area contributed by atoms with Gasteiger partial charge in [0.25, 0.3) is 0 Å². The fourth-order valence-electron chi connectivity index (χ4n) is 1.07. The van der Waals surface area contributed by atoms with E-state index in [4.69, 9.17) is 5.11 Å². The maximum atomic E-state index is 12.1. The molecule has 0 aliphatic rings. The van der Waals surface area contributed by atoms with Crippen molar-refractivity contribution in [3.63, 3.8) is 0 Å². The summed E-state index contributed by atoms with van der Waals surface area (Å²) in [6.45, 7) is 0.611. The molecular formula is C7H7F6NO3. The molecule has 4 nitrogen and oxygen atoms in total. The van der Waals surface area contributed by atoms with Crippen molar-refractivity contribution in [2.24, 2.45) is 5.92 Å². The molecule has 0 radical (unpaired) electrons. The number of nitrogens with one attached hydrogen (secondary N) is 1. The maximum Gasteiger partial charge on any atom is 0.403 e. The molecule has 2 N–H and O–H groups in total. The second-order valence-electron chi connectivity index (χ2n) is 3.08. The molecule has 1 unspecified atom stereocenters. The molecule has 0 aliphatic carbocycles. The Hall–Kier alpha value is -1.48. The first kappa shape index (κ1) is 15.5. The van der Waals surface area contributed by atoms with Crippen LogP contribution in [0.4, 0.5) is 26.3 Å². The van der Waals surface area contributed by atoms with Gasteiger partial charge in [-0.15, -0.1) is 0 Å². The number of carbonyl (C=O) groups excluding carboxylic acids is 1. The van der Waals surface area contributed by atoms with E-state index in [1.54, 1.807) is 0 Å². The largest absolute Gasteiger partial charge is 0.480 e. The predicted octanol–water partition coefficient (Wildman–Crippen LogP) is 1.32. The van der Waals surface area contributed by atoms with Gasteiger partial charge >= 0.3 is 18.3 Å². The number of carboxylic acids is 1. The fourth-order valence-corrected chi connectivity index (χ4v) is 1.07. The van der Waals surface area contributed by atoms with E-state index in [-0.39, 0.29) is 0 Å². The number of carbonyl (C=O) groups is 2. The van der Waals surface area contributed by atoms with Gasteiger partial charge in [0.15, 0.2) is 5.92 Å². The number of halogens is 6. The zero-order valence-corrected chi connectivity index (χ0v) is 8.19. The summed E-state index contributed by atoms with van der Waals surface area (Å²) in [7, 11) is 0. The number of alkyl halides is 6. The highest BCUT2D eigenvalue weighted by Gasteiger charge is 2.62. The van der Waals surface area contributed by atoms with E-state index in [1.807, 2.05) is 0 Å². The summed E-state index contributed by atoms with van der Waals surface area (Å²) in [4.78, 5) is 20.8. The Morgan fingerprint density at radius 3 is 1.59 bits per heavy atom. The first-order valence-electron chi connectivity index (χ1n) is 4.00. The highest BCUT2D eigenvalue weighted by atomic mass is 19.4. The van der Waals surface area contributed by atoms with E-state index in [9.17, 15) is 35.9 Å². The Balaban J connectivity index is 5.39. The Morgan fingerprint density at radius 2 is 1.41 bits per heavy atom. The van der Waals surface area contributed by atoms with Crippen LogP contribution >= 0.6 is 0 Å². The average Bonchev–Trinajstić information content (AvgIpc) is 1.95. The standard InChI is InChI=1S/C7H7F6NO3/c1-2(15)14-3(5(16)17)4(6(8,9)10)7(11,12)13/h3-4H,1H3,(H,14,15)(H,16,17). The van der Waals surface area contributed by atoms with Crippen LogP contribution in [0.3, 0.4) is 0 Å². The summed E-state index contributed by atoms with van der Waals surface area (Å²) < 4.78 is 72.9. The second kappa shape index (κ2) is 4.80. The topological polar surface area (TPSA) is 66.4 Å². The number of hydrogen-bond donors (Lipinski definition) is 2. The lowest BCUT2D eigenvalue weighted by Crippen LogP contribution is -2.55. The summed E-state index contributed by atoms with van der Waals surface area (Å²) in [6.07, 6.45) is -11.7. The fraction of sp³-hybridized carbons (Fsp3) is 0.714. The van der Waals surface area contributed by atoms with Crippen molar-refractivity contribution < 1.29 is 41.0 Å². The average molecular weight is 267 g/mol. The van der Waals surface area contributed by atoms with E-state index >= 15 is 0 Å². The van der Waals surface area contributed by atoms with Crippen LogP contribution in [0.5, 0.6) is 0 Å². The maximum absolute atomic E-state index is 12.1. The van der Waals surface area contributed by atoms with E-state index < -0.39 is 36.2 Å². The van der Waals surface area contributed by atoms with Crippen LogP contribution in [0.15, 0.2) is 0 Å². The quantitative estimate of drug-likeness (QED) is 0.758. The van der Waals surface area contributed by atoms with Crippen molar-refractivity contribution in [2.45, 2.75) is 25.3 Å². The summed E-state index contributed by atoms with van der Waals surface area (Å²) in [6, 6.07) is -3.10. The lowest BCUT2D eigenvalue weighted by Gasteiger charge is -2.28. The Bertz CT molecular complexity index is 296. The lowest BCUT2D eigenvalue weighted by molar-refractivity contribution is -0.290. The zero-order chi connectivity index (χ0) is 14.0. The molecule has 1 atom stereocenters. The minimum absolute atomic E-state index is 0.611. The number of amides is 1. The van der Waals surface area contributed by atoms with Gasteiger partial charge in [-0.25, -0.2) is 4.79 Å². The van der Waals surface area contributed by atoms with Crippen LogP contribution in [0, 0.1) is 5.92 Å². The molecule has 0 fully saturated rings. The highest BCUT2D eigenvalue weighted by molar-refractivity contribution is 5.82. The molecule has 100 valence electrons. The van der Waals surface area contributed by atoms with Crippen molar-refractivity contribution in [1.82, 2.24) is 5.32 Å². The molecule has 17 heavy (non-hydrogen) atoms. The van der Waals surface area contributed by atoms with Crippen LogP contribution in [0.25, 0.3) is 0 Å². The molecule has 1 amide bonds. The molecular weight excluding hydrogens is 260 g/mol. The van der Waals surface area contributed by atoms with Crippen LogP contribution in [0.1, 0.15) is 6.92 Å². The normalized spacial score (nSPS) is 14.6. The predicted molar refractivity (Wildman–Crippen MR) is 40.8 cm³/mol. The highest BCUT2D eigenvalue weighted by Crippen LogP contribution is 2.41. The third-order valence-electron chi connectivity index (χ3n) is 1.66. The summed E-state index contributed by atoms with van der Waals surface area (Å²) in [5.41, 5.74) is 0. The van der Waals surface area contributed by atoms with Crippen LogP contribution in [0.2, 0.25) is 0 Å². The zero-order valence-electron chi connectivity index (χ0n) is 8.19. The molecule has 0 heterocycles. The van der Waals surface area contributed by atoms with Crippen molar-refractivity contribution >= 4 is 11.9 Å². The van der Waals surface area contributed by atoms with E-state index in [2.05, 4.69) is 0 Å². The van der Waals surface area contributed by atoms with E-state index in [0.717, 1.165) is 5.32 Å². The van der Waals surface area contributed by atoms with Crippen LogP contribution in [-0.2, 0) is 9.59 Å². The van der Waals surface area contributed by atoms with Gasteiger partial charge in [0.2, 0.25) is 5.91 Å². The van der Waals surface area contributed by atoms with Crippen LogP contribution in [-0.4, -0.2) is 35.4 Å². The third kappa shape index (κ3) is 4.49. The number of hydrogen-bond acceptors (Lipinski definition) is 2. The first-order valence-corrected chi connectivity index (χ1v) is 4.00. The summed E-state index contributed by atoms with van der Waals surface area (Å²) >= 11 is 0. The molecule has 10 heteroatoms. The molecule has 0 spiro atoms. The minimum Gasteiger partial charge on any atom is -0.480 e. The van der Waals surface area contributed by atoms with Gasteiger partial charge in [0.05, 0.1) is 0 Å². The molecule has 0 rings (SSSR count). The Kier molecular flexibility index (Phi) is 4.38. The number of rotatable bonds is 3. The number of carboxylic acid groups (broad SMARTS) is 1. The third-order valence-corrected chi connectivity index (χ3v) is 1.66. The Morgan fingerprint density at radius 1 is 1.06 bits per heavy atom. The van der Waals surface area contributed by atoms with Crippen molar-refractivity contribution in [3.05, 3.63) is 0 Å². The van der Waals surface area contributed by atoms with Gasteiger partial charge in [-0.05, 0) is 0 Å². The van der Waals surface area contributed by atoms with Crippen molar-refractivity contribution in [2.75, 3.05) is 0 Å². The molecule has 0 aromatic carbocycles.